The van der Waals surface area contributed by atoms with Crippen molar-refractivity contribution in [3.05, 3.63) is 0 Å². The molecular formula is C10H16N2O2. The number of isocyanates is 2. The largest absolute Gasteiger partial charge is 0.234 e. The Morgan fingerprint density at radius 1 is 1.21 bits per heavy atom. The normalized spacial score (nSPS) is 15.7. The summed E-state index contributed by atoms with van der Waals surface area (Å²) in [6.45, 7) is 0.689. The highest BCUT2D eigenvalue weighted by atomic mass is 16.1. The van der Waals surface area contributed by atoms with Crippen molar-refractivity contribution in [3.63, 3.8) is 0 Å². The van der Waals surface area contributed by atoms with Crippen molar-refractivity contribution in [2.24, 2.45) is 10.9 Å². The zero-order chi connectivity index (χ0) is 10.6. The van der Waals surface area contributed by atoms with Crippen LogP contribution in [0.2, 0.25) is 0 Å². The first kappa shape index (κ1) is 12.8. The first-order valence-electron chi connectivity index (χ1n) is 4.92. The molecule has 4 heteroatoms. The maximum absolute atomic E-state index is 9.75. The molecule has 1 aliphatic carbocycles. The molecule has 0 spiro atoms. The third-order valence-corrected chi connectivity index (χ3v) is 2.44. The Morgan fingerprint density at radius 3 is 2.29 bits per heavy atom. The molecule has 1 rings (SSSR count). The predicted molar refractivity (Wildman–Crippen MR) is 52.6 cm³/mol. The van der Waals surface area contributed by atoms with Crippen LogP contribution in [-0.2, 0) is 9.59 Å². The third-order valence-electron chi connectivity index (χ3n) is 2.44. The van der Waals surface area contributed by atoms with Crippen molar-refractivity contribution >= 4 is 12.2 Å². The topological polar surface area (TPSA) is 70.3 Å². The van der Waals surface area contributed by atoms with E-state index in [1.165, 1.54) is 32.1 Å². The zero-order valence-corrected chi connectivity index (χ0v) is 8.29. The minimum absolute atomic E-state index is 0.689. The lowest BCUT2D eigenvalue weighted by molar-refractivity contribution is 0.343. The van der Waals surface area contributed by atoms with Gasteiger partial charge in [0, 0.05) is 0 Å². The SMILES string of the molecule is N=C=O.O=C=NCCC1CCCCC1. The fourth-order valence-corrected chi connectivity index (χ4v) is 1.77. The maximum atomic E-state index is 9.75. The van der Waals surface area contributed by atoms with Gasteiger partial charge in [-0.1, -0.05) is 32.1 Å². The summed E-state index contributed by atoms with van der Waals surface area (Å²) in [7, 11) is 0. The minimum atomic E-state index is 0.689. The van der Waals surface area contributed by atoms with Gasteiger partial charge in [0.05, 0.1) is 6.54 Å². The fourth-order valence-electron chi connectivity index (χ4n) is 1.77. The summed E-state index contributed by atoms with van der Waals surface area (Å²) >= 11 is 0. The van der Waals surface area contributed by atoms with E-state index in [-0.39, 0.29) is 0 Å². The Morgan fingerprint density at radius 2 is 1.79 bits per heavy atom. The highest BCUT2D eigenvalue weighted by Crippen LogP contribution is 2.25. The van der Waals surface area contributed by atoms with E-state index in [2.05, 4.69) is 4.99 Å². The van der Waals surface area contributed by atoms with Gasteiger partial charge in [-0.05, 0) is 12.3 Å². The van der Waals surface area contributed by atoms with Crippen LogP contribution in [0.4, 0.5) is 0 Å². The van der Waals surface area contributed by atoms with Crippen LogP contribution >= 0.6 is 0 Å². The van der Waals surface area contributed by atoms with Crippen LogP contribution in [0, 0.1) is 11.3 Å². The molecule has 0 unspecified atom stereocenters. The molecule has 0 aromatic heterocycles. The molecule has 0 heterocycles. The van der Waals surface area contributed by atoms with E-state index < -0.39 is 0 Å². The van der Waals surface area contributed by atoms with Crippen molar-refractivity contribution in [2.75, 3.05) is 6.54 Å². The summed E-state index contributed by atoms with van der Waals surface area (Å²) in [5.41, 5.74) is 0. The average Bonchev–Trinajstić information content (AvgIpc) is 2.21. The molecule has 0 amide bonds. The number of nitrogens with one attached hydrogen (secondary N) is 1. The van der Waals surface area contributed by atoms with Crippen LogP contribution in [0.1, 0.15) is 38.5 Å². The van der Waals surface area contributed by atoms with Gasteiger partial charge in [-0.15, -0.1) is 0 Å². The molecular weight excluding hydrogens is 180 g/mol. The monoisotopic (exact) mass is 196 g/mol. The third kappa shape index (κ3) is 7.41. The van der Waals surface area contributed by atoms with E-state index in [4.69, 9.17) is 10.2 Å². The number of nitrogens with zero attached hydrogens (tertiary/aromatic N) is 1. The first-order valence-corrected chi connectivity index (χ1v) is 4.92. The average molecular weight is 196 g/mol. The Hall–Kier alpha value is -1.24. The molecule has 0 aromatic carbocycles. The van der Waals surface area contributed by atoms with Crippen LogP contribution in [0.25, 0.3) is 0 Å². The van der Waals surface area contributed by atoms with Crippen molar-refractivity contribution in [3.8, 4) is 0 Å². The predicted octanol–water partition coefficient (Wildman–Crippen LogP) is 2.19. The van der Waals surface area contributed by atoms with Crippen LogP contribution in [-0.4, -0.2) is 18.7 Å². The summed E-state index contributed by atoms with van der Waals surface area (Å²) in [4.78, 5) is 21.7. The van der Waals surface area contributed by atoms with Gasteiger partial charge in [-0.3, -0.25) is 0 Å². The smallest absolute Gasteiger partial charge is 0.222 e. The summed E-state index contributed by atoms with van der Waals surface area (Å²) in [6, 6.07) is 0. The highest BCUT2D eigenvalue weighted by Gasteiger charge is 2.11. The summed E-state index contributed by atoms with van der Waals surface area (Å²) in [5, 5.41) is 5.40. The number of rotatable bonds is 3. The molecule has 1 N–H and O–H groups in total. The Bertz CT molecular complexity index is 210. The van der Waals surface area contributed by atoms with Crippen molar-refractivity contribution in [1.29, 1.82) is 5.41 Å². The van der Waals surface area contributed by atoms with E-state index >= 15 is 0 Å². The number of hydrogen-bond donors (Lipinski definition) is 1. The van der Waals surface area contributed by atoms with Gasteiger partial charge in [-0.25, -0.2) is 20.0 Å². The standard InChI is InChI=1S/C9H15NO.CHNO/c11-8-10-7-6-9-4-2-1-3-5-9;2-1-3/h9H,1-7H2;2H. The van der Waals surface area contributed by atoms with Crippen LogP contribution in [0.3, 0.4) is 0 Å². The molecule has 78 valence electrons. The van der Waals surface area contributed by atoms with Crippen LogP contribution < -0.4 is 0 Å². The highest BCUT2D eigenvalue weighted by molar-refractivity contribution is 5.32. The van der Waals surface area contributed by atoms with E-state index in [1.807, 2.05) is 0 Å². The summed E-state index contributed by atoms with van der Waals surface area (Å²) in [5.74, 6) is 0.834. The van der Waals surface area contributed by atoms with E-state index in [1.54, 1.807) is 6.08 Å². The Balaban J connectivity index is 0.000000500. The molecule has 0 atom stereocenters. The molecule has 0 aliphatic heterocycles. The zero-order valence-electron chi connectivity index (χ0n) is 8.29. The fraction of sp³-hybridized carbons (Fsp3) is 0.800. The second-order valence-corrected chi connectivity index (χ2v) is 3.37. The molecule has 0 radical (unpaired) electrons. The lowest BCUT2D eigenvalue weighted by atomic mass is 9.87. The summed E-state index contributed by atoms with van der Waals surface area (Å²) in [6.07, 6.45) is 10.2. The van der Waals surface area contributed by atoms with E-state index in [9.17, 15) is 4.79 Å². The van der Waals surface area contributed by atoms with E-state index in [0.717, 1.165) is 18.4 Å². The number of hydrogen-bond acceptors (Lipinski definition) is 4. The first-order chi connectivity index (χ1) is 6.85. The molecule has 1 aliphatic rings. The molecule has 1 fully saturated rings. The molecule has 4 nitrogen and oxygen atoms in total. The summed E-state index contributed by atoms with van der Waals surface area (Å²) < 4.78 is 0. The van der Waals surface area contributed by atoms with Crippen molar-refractivity contribution < 1.29 is 9.59 Å². The van der Waals surface area contributed by atoms with Crippen molar-refractivity contribution in [2.45, 2.75) is 38.5 Å². The number of aliphatic imine (C=N–C) groups is 1. The van der Waals surface area contributed by atoms with Gasteiger partial charge in [0.25, 0.3) is 0 Å². The molecule has 0 bridgehead atoms. The Kier molecular flexibility index (Phi) is 8.97. The maximum Gasteiger partial charge on any atom is 0.234 e. The number of carbonyl (C=O) groups excluding carboxylic acids is 2. The molecule has 0 aromatic rings. The molecule has 14 heavy (non-hydrogen) atoms. The molecule has 0 saturated heterocycles. The van der Waals surface area contributed by atoms with Gasteiger partial charge in [0.1, 0.15) is 0 Å². The minimum Gasteiger partial charge on any atom is -0.222 e. The van der Waals surface area contributed by atoms with Gasteiger partial charge in [0.2, 0.25) is 12.2 Å². The van der Waals surface area contributed by atoms with E-state index in [0.29, 0.717) is 6.54 Å². The lowest BCUT2D eigenvalue weighted by Crippen LogP contribution is -2.07. The Labute approximate surface area is 83.9 Å². The van der Waals surface area contributed by atoms with Gasteiger partial charge < -0.3 is 0 Å². The van der Waals surface area contributed by atoms with Crippen LogP contribution in [0.15, 0.2) is 4.99 Å². The van der Waals surface area contributed by atoms with Gasteiger partial charge >= 0.3 is 0 Å². The second kappa shape index (κ2) is 9.85. The molecule has 1 saturated carbocycles. The van der Waals surface area contributed by atoms with Crippen molar-refractivity contribution in [1.82, 2.24) is 0 Å². The lowest BCUT2D eigenvalue weighted by Gasteiger charge is -2.19. The van der Waals surface area contributed by atoms with Gasteiger partial charge in [0.15, 0.2) is 0 Å². The second-order valence-electron chi connectivity index (χ2n) is 3.37. The van der Waals surface area contributed by atoms with Crippen LogP contribution in [0.5, 0.6) is 0 Å². The van der Waals surface area contributed by atoms with Gasteiger partial charge in [-0.2, -0.15) is 0 Å². The quantitative estimate of drug-likeness (QED) is 0.555.